The number of carbonyl (C=O) groups is 1. The number of aliphatic carboxylic acids is 1. The molecule has 1 atom stereocenters. The molecule has 1 rings (SSSR count). The van der Waals surface area contributed by atoms with E-state index in [-0.39, 0.29) is 0 Å². The molecule has 1 aliphatic rings. The molecule has 1 aliphatic carbocycles. The molecule has 0 heterocycles. The molecule has 0 spiro atoms. The lowest BCUT2D eigenvalue weighted by Gasteiger charge is -2.35. The minimum Gasteiger partial charge on any atom is -0.480 e. The Morgan fingerprint density at radius 2 is 1.95 bits per heavy atom. The summed E-state index contributed by atoms with van der Waals surface area (Å²) in [7, 11) is 1.76. The Morgan fingerprint density at radius 1 is 1.30 bits per heavy atom. The number of nitrogens with zero attached hydrogens (tertiary/aromatic N) is 1. The second-order valence-corrected chi connectivity index (χ2v) is 6.01. The maximum absolute atomic E-state index is 11.5. The largest absolute Gasteiger partial charge is 0.480 e. The van der Waals surface area contributed by atoms with Crippen LogP contribution < -0.4 is 5.32 Å². The minimum absolute atomic E-state index is 0.633. The Morgan fingerprint density at radius 3 is 2.40 bits per heavy atom. The molecule has 4 heteroatoms. The number of rotatable bonds is 9. The van der Waals surface area contributed by atoms with Crippen LogP contribution in [0.1, 0.15) is 65.2 Å². The second kappa shape index (κ2) is 8.63. The lowest BCUT2D eigenvalue weighted by atomic mass is 9.90. The van der Waals surface area contributed by atoms with E-state index in [0.29, 0.717) is 12.8 Å². The summed E-state index contributed by atoms with van der Waals surface area (Å²) in [5.74, 6) is -0.719. The van der Waals surface area contributed by atoms with Gasteiger partial charge in [0.15, 0.2) is 0 Å². The van der Waals surface area contributed by atoms with E-state index in [0.717, 1.165) is 25.6 Å². The molecule has 20 heavy (non-hydrogen) atoms. The minimum atomic E-state index is -0.744. The Hall–Kier alpha value is -0.610. The normalized spacial score (nSPS) is 20.0. The molecule has 2 N–H and O–H groups in total. The van der Waals surface area contributed by atoms with Crippen LogP contribution in [0.2, 0.25) is 0 Å². The van der Waals surface area contributed by atoms with E-state index < -0.39 is 11.5 Å². The smallest absolute Gasteiger partial charge is 0.323 e. The summed E-state index contributed by atoms with van der Waals surface area (Å²) >= 11 is 0. The van der Waals surface area contributed by atoms with Crippen LogP contribution in [-0.4, -0.2) is 47.7 Å². The lowest BCUT2D eigenvalue weighted by molar-refractivity contribution is -0.145. The van der Waals surface area contributed by atoms with Crippen molar-refractivity contribution in [3.05, 3.63) is 0 Å². The van der Waals surface area contributed by atoms with Crippen LogP contribution >= 0.6 is 0 Å². The summed E-state index contributed by atoms with van der Waals surface area (Å²) in [4.78, 5) is 14.0. The van der Waals surface area contributed by atoms with Gasteiger partial charge in [-0.15, -0.1) is 0 Å². The molecule has 4 nitrogen and oxygen atoms in total. The molecule has 0 amide bonds. The zero-order valence-corrected chi connectivity index (χ0v) is 13.5. The van der Waals surface area contributed by atoms with Crippen LogP contribution in [0.3, 0.4) is 0 Å². The van der Waals surface area contributed by atoms with Crippen molar-refractivity contribution in [2.75, 3.05) is 20.1 Å². The van der Waals surface area contributed by atoms with Gasteiger partial charge in [-0.05, 0) is 52.2 Å². The number of carboxylic acid groups (broad SMARTS) is 1. The highest BCUT2D eigenvalue weighted by Gasteiger charge is 2.34. The number of nitrogens with one attached hydrogen (secondary N) is 1. The van der Waals surface area contributed by atoms with Crippen LogP contribution in [0.5, 0.6) is 0 Å². The maximum Gasteiger partial charge on any atom is 0.323 e. The maximum atomic E-state index is 11.5. The SMILES string of the molecule is CCN(CCCC(CC)(NC)C(=O)O)C1CCCCC1. The molecule has 0 bridgehead atoms. The predicted molar refractivity (Wildman–Crippen MR) is 83.1 cm³/mol. The molecule has 0 aliphatic heterocycles. The van der Waals surface area contributed by atoms with Crippen molar-refractivity contribution in [1.82, 2.24) is 10.2 Å². The quantitative estimate of drug-likeness (QED) is 0.683. The van der Waals surface area contributed by atoms with E-state index in [4.69, 9.17) is 0 Å². The molecule has 118 valence electrons. The van der Waals surface area contributed by atoms with Crippen LogP contribution in [0.25, 0.3) is 0 Å². The summed E-state index contributed by atoms with van der Waals surface area (Å²) in [5, 5.41) is 12.4. The third kappa shape index (κ3) is 4.45. The van der Waals surface area contributed by atoms with Crippen LogP contribution in [-0.2, 0) is 4.79 Å². The van der Waals surface area contributed by atoms with E-state index in [2.05, 4.69) is 17.1 Å². The zero-order chi connectivity index (χ0) is 15.0. The van der Waals surface area contributed by atoms with Gasteiger partial charge < -0.3 is 15.3 Å². The number of likely N-dealkylation sites (N-methyl/N-ethyl adjacent to an activating group) is 1. The van der Waals surface area contributed by atoms with Gasteiger partial charge >= 0.3 is 5.97 Å². The van der Waals surface area contributed by atoms with Crippen molar-refractivity contribution in [1.29, 1.82) is 0 Å². The first-order valence-corrected chi connectivity index (χ1v) is 8.26. The van der Waals surface area contributed by atoms with Gasteiger partial charge in [0, 0.05) is 6.04 Å². The second-order valence-electron chi connectivity index (χ2n) is 6.01. The van der Waals surface area contributed by atoms with Crippen molar-refractivity contribution < 1.29 is 9.90 Å². The van der Waals surface area contributed by atoms with Gasteiger partial charge in [0.05, 0.1) is 0 Å². The fraction of sp³-hybridized carbons (Fsp3) is 0.938. The summed E-state index contributed by atoms with van der Waals surface area (Å²) in [6.45, 7) is 6.27. The fourth-order valence-corrected chi connectivity index (χ4v) is 3.47. The fourth-order valence-electron chi connectivity index (χ4n) is 3.47. The van der Waals surface area contributed by atoms with Crippen LogP contribution in [0.4, 0.5) is 0 Å². The van der Waals surface area contributed by atoms with Gasteiger partial charge in [-0.25, -0.2) is 0 Å². The molecule has 1 saturated carbocycles. The predicted octanol–water partition coefficient (Wildman–Crippen LogP) is 2.87. The number of hydrogen-bond donors (Lipinski definition) is 2. The first-order valence-electron chi connectivity index (χ1n) is 8.26. The third-order valence-corrected chi connectivity index (χ3v) is 5.04. The highest BCUT2D eigenvalue weighted by atomic mass is 16.4. The summed E-state index contributed by atoms with van der Waals surface area (Å²) in [6, 6.07) is 0.726. The first kappa shape index (κ1) is 17.4. The van der Waals surface area contributed by atoms with Gasteiger partial charge in [0.2, 0.25) is 0 Å². The van der Waals surface area contributed by atoms with Crippen molar-refractivity contribution in [3.63, 3.8) is 0 Å². The first-order chi connectivity index (χ1) is 9.59. The molecule has 0 aromatic carbocycles. The van der Waals surface area contributed by atoms with Crippen molar-refractivity contribution in [2.45, 2.75) is 76.8 Å². The van der Waals surface area contributed by atoms with E-state index in [1.54, 1.807) is 7.05 Å². The molecule has 1 fully saturated rings. The van der Waals surface area contributed by atoms with Gasteiger partial charge in [0.25, 0.3) is 0 Å². The Bertz CT molecular complexity index is 284. The van der Waals surface area contributed by atoms with Crippen LogP contribution in [0.15, 0.2) is 0 Å². The van der Waals surface area contributed by atoms with Crippen molar-refractivity contribution in [3.8, 4) is 0 Å². The standard InChI is InChI=1S/C16H32N2O2/c1-4-16(17-3,15(19)20)12-9-13-18(5-2)14-10-7-6-8-11-14/h14,17H,4-13H2,1-3H3,(H,19,20). The third-order valence-electron chi connectivity index (χ3n) is 5.04. The average Bonchev–Trinajstić information content (AvgIpc) is 2.48. The number of carboxylic acids is 1. The van der Waals surface area contributed by atoms with E-state index in [9.17, 15) is 9.90 Å². The monoisotopic (exact) mass is 284 g/mol. The molecule has 0 aromatic rings. The molecule has 0 saturated heterocycles. The van der Waals surface area contributed by atoms with Gasteiger partial charge in [-0.1, -0.05) is 33.1 Å². The molecule has 0 aromatic heterocycles. The van der Waals surface area contributed by atoms with Gasteiger partial charge in [-0.3, -0.25) is 4.79 Å². The lowest BCUT2D eigenvalue weighted by Crippen LogP contribution is -2.50. The summed E-state index contributed by atoms with van der Waals surface area (Å²) in [5.41, 5.74) is -0.744. The van der Waals surface area contributed by atoms with Gasteiger partial charge in [-0.2, -0.15) is 0 Å². The Kier molecular flexibility index (Phi) is 7.52. The average molecular weight is 284 g/mol. The summed E-state index contributed by atoms with van der Waals surface area (Å²) in [6.07, 6.45) is 9.01. The summed E-state index contributed by atoms with van der Waals surface area (Å²) < 4.78 is 0. The van der Waals surface area contributed by atoms with Crippen molar-refractivity contribution in [2.24, 2.45) is 0 Å². The highest BCUT2D eigenvalue weighted by molar-refractivity contribution is 5.78. The molecule has 0 radical (unpaired) electrons. The topological polar surface area (TPSA) is 52.6 Å². The Balaban J connectivity index is 2.45. The van der Waals surface area contributed by atoms with E-state index in [1.807, 2.05) is 6.92 Å². The molecule has 1 unspecified atom stereocenters. The number of hydrogen-bond acceptors (Lipinski definition) is 3. The highest BCUT2D eigenvalue weighted by Crippen LogP contribution is 2.24. The molecular formula is C16H32N2O2. The molecular weight excluding hydrogens is 252 g/mol. The van der Waals surface area contributed by atoms with E-state index in [1.165, 1.54) is 32.1 Å². The van der Waals surface area contributed by atoms with Gasteiger partial charge in [0.1, 0.15) is 5.54 Å². The Labute approximate surface area is 123 Å². The van der Waals surface area contributed by atoms with Crippen LogP contribution in [0, 0.1) is 0 Å². The van der Waals surface area contributed by atoms with Crippen molar-refractivity contribution >= 4 is 5.97 Å². The zero-order valence-electron chi connectivity index (χ0n) is 13.5. The van der Waals surface area contributed by atoms with E-state index >= 15 is 0 Å².